The number of amides is 4. The summed E-state index contributed by atoms with van der Waals surface area (Å²) in [5.74, 6) is 0.634. The predicted molar refractivity (Wildman–Crippen MR) is 103 cm³/mol. The largest absolute Gasteiger partial charge is 0.454 e. The lowest BCUT2D eigenvalue weighted by Crippen LogP contribution is -2.36. The highest BCUT2D eigenvalue weighted by molar-refractivity contribution is 6.05. The quantitative estimate of drug-likeness (QED) is 0.694. The Balaban J connectivity index is 1.27. The number of nitrogens with zero attached hydrogens (tertiary/aromatic N) is 1. The number of carbonyl (C=O) groups excluding carboxylic acids is 3. The predicted octanol–water partition coefficient (Wildman–Crippen LogP) is 1.58. The summed E-state index contributed by atoms with van der Waals surface area (Å²) in [6.45, 7) is 0.765. The molecule has 1 unspecified atom stereocenters. The van der Waals surface area contributed by atoms with Gasteiger partial charge in [-0.3, -0.25) is 14.5 Å². The number of hydrogen-bond acceptors (Lipinski definition) is 5. The van der Waals surface area contributed by atoms with Crippen LogP contribution >= 0.6 is 0 Å². The average molecular weight is 395 g/mol. The first kappa shape index (κ1) is 18.8. The molecule has 150 valence electrons. The van der Waals surface area contributed by atoms with E-state index in [-0.39, 0.29) is 31.6 Å². The lowest BCUT2D eigenvalue weighted by molar-refractivity contribution is -0.130. The van der Waals surface area contributed by atoms with Gasteiger partial charge in [0.25, 0.3) is 5.91 Å². The first-order chi connectivity index (χ1) is 14.1. The standard InChI is InChI=1S/C21H21N3O5/c25-19(22-12-15-6-7-17-18(10-15)29-13-28-17)11-16-20(26)24(21(27)23-16)9-8-14-4-2-1-3-5-14/h1-7,10,16H,8-9,11-13H2,(H,22,25)(H,23,27). The maximum atomic E-state index is 12.5. The van der Waals surface area contributed by atoms with Crippen LogP contribution in [0.4, 0.5) is 4.79 Å². The Kier molecular flexibility index (Phi) is 5.33. The van der Waals surface area contributed by atoms with Gasteiger partial charge in [0, 0.05) is 13.1 Å². The van der Waals surface area contributed by atoms with E-state index in [1.807, 2.05) is 36.4 Å². The van der Waals surface area contributed by atoms with E-state index in [9.17, 15) is 14.4 Å². The minimum absolute atomic E-state index is 0.100. The first-order valence-corrected chi connectivity index (χ1v) is 9.41. The molecule has 1 atom stereocenters. The van der Waals surface area contributed by atoms with Crippen LogP contribution in [0.15, 0.2) is 48.5 Å². The summed E-state index contributed by atoms with van der Waals surface area (Å²) in [6.07, 6.45) is 0.472. The van der Waals surface area contributed by atoms with Crippen LogP contribution in [-0.2, 0) is 22.6 Å². The molecule has 0 radical (unpaired) electrons. The third kappa shape index (κ3) is 4.31. The number of ether oxygens (including phenoxy) is 2. The molecular formula is C21H21N3O5. The summed E-state index contributed by atoms with van der Waals surface area (Å²) in [4.78, 5) is 38.1. The van der Waals surface area contributed by atoms with Crippen LogP contribution in [0, 0.1) is 0 Å². The van der Waals surface area contributed by atoms with Crippen molar-refractivity contribution in [1.82, 2.24) is 15.5 Å². The summed E-state index contributed by atoms with van der Waals surface area (Å²) in [7, 11) is 0. The van der Waals surface area contributed by atoms with Crippen LogP contribution in [-0.4, -0.2) is 42.1 Å². The van der Waals surface area contributed by atoms with Crippen LogP contribution in [0.1, 0.15) is 17.5 Å². The first-order valence-electron chi connectivity index (χ1n) is 9.41. The molecule has 0 aromatic heterocycles. The summed E-state index contributed by atoms with van der Waals surface area (Å²) < 4.78 is 10.6. The minimum Gasteiger partial charge on any atom is -0.454 e. The Morgan fingerprint density at radius 3 is 2.69 bits per heavy atom. The number of carbonyl (C=O) groups is 3. The van der Waals surface area contributed by atoms with Crippen LogP contribution < -0.4 is 20.1 Å². The second-order valence-corrected chi connectivity index (χ2v) is 6.90. The van der Waals surface area contributed by atoms with Gasteiger partial charge in [-0.25, -0.2) is 4.79 Å². The average Bonchev–Trinajstić information content (AvgIpc) is 3.30. The number of urea groups is 1. The van der Waals surface area contributed by atoms with E-state index in [1.165, 1.54) is 4.90 Å². The molecule has 8 heteroatoms. The highest BCUT2D eigenvalue weighted by atomic mass is 16.7. The molecule has 8 nitrogen and oxygen atoms in total. The number of nitrogens with one attached hydrogen (secondary N) is 2. The minimum atomic E-state index is -0.838. The molecule has 1 fully saturated rings. The lowest BCUT2D eigenvalue weighted by Gasteiger charge is -2.13. The molecule has 2 aliphatic heterocycles. The van der Waals surface area contributed by atoms with E-state index in [2.05, 4.69) is 10.6 Å². The van der Waals surface area contributed by atoms with E-state index in [1.54, 1.807) is 12.1 Å². The van der Waals surface area contributed by atoms with Crippen molar-refractivity contribution in [3.63, 3.8) is 0 Å². The second-order valence-electron chi connectivity index (χ2n) is 6.90. The molecule has 2 aliphatic rings. The topological polar surface area (TPSA) is 97.0 Å². The van der Waals surface area contributed by atoms with E-state index in [0.717, 1.165) is 11.1 Å². The number of hydrogen-bond donors (Lipinski definition) is 2. The van der Waals surface area contributed by atoms with Crippen LogP contribution in [0.2, 0.25) is 0 Å². The fourth-order valence-corrected chi connectivity index (χ4v) is 3.32. The number of benzene rings is 2. The molecule has 0 spiro atoms. The lowest BCUT2D eigenvalue weighted by atomic mass is 10.1. The second kappa shape index (κ2) is 8.22. The zero-order valence-electron chi connectivity index (χ0n) is 15.7. The third-order valence-corrected chi connectivity index (χ3v) is 4.89. The fraction of sp³-hybridized carbons (Fsp3) is 0.286. The highest BCUT2D eigenvalue weighted by Gasteiger charge is 2.38. The van der Waals surface area contributed by atoms with E-state index in [0.29, 0.717) is 24.5 Å². The van der Waals surface area contributed by atoms with Gasteiger partial charge in [-0.15, -0.1) is 0 Å². The number of fused-ring (bicyclic) bond motifs is 1. The van der Waals surface area contributed by atoms with Gasteiger partial charge < -0.3 is 20.1 Å². The molecule has 1 saturated heterocycles. The van der Waals surface area contributed by atoms with Crippen LogP contribution in [0.5, 0.6) is 11.5 Å². The van der Waals surface area contributed by atoms with Gasteiger partial charge in [-0.1, -0.05) is 36.4 Å². The van der Waals surface area contributed by atoms with E-state index < -0.39 is 12.1 Å². The molecular weight excluding hydrogens is 374 g/mol. The number of rotatable bonds is 7. The normalized spacial score (nSPS) is 17.4. The van der Waals surface area contributed by atoms with Gasteiger partial charge in [0.2, 0.25) is 12.7 Å². The maximum Gasteiger partial charge on any atom is 0.324 e. The van der Waals surface area contributed by atoms with Crippen molar-refractivity contribution in [2.75, 3.05) is 13.3 Å². The molecule has 4 rings (SSSR count). The van der Waals surface area contributed by atoms with Gasteiger partial charge in [-0.2, -0.15) is 0 Å². The maximum absolute atomic E-state index is 12.5. The Labute approximate surface area is 167 Å². The Morgan fingerprint density at radius 2 is 1.86 bits per heavy atom. The third-order valence-electron chi connectivity index (χ3n) is 4.89. The Hall–Kier alpha value is -3.55. The van der Waals surface area contributed by atoms with E-state index in [4.69, 9.17) is 9.47 Å². The van der Waals surface area contributed by atoms with Crippen molar-refractivity contribution in [1.29, 1.82) is 0 Å². The number of imide groups is 1. The fourth-order valence-electron chi connectivity index (χ4n) is 3.32. The van der Waals surface area contributed by atoms with Crippen molar-refractivity contribution in [2.45, 2.75) is 25.4 Å². The summed E-state index contributed by atoms with van der Waals surface area (Å²) in [5.41, 5.74) is 1.90. The van der Waals surface area contributed by atoms with Crippen molar-refractivity contribution < 1.29 is 23.9 Å². The molecule has 2 N–H and O–H groups in total. The van der Waals surface area contributed by atoms with Gasteiger partial charge in [0.15, 0.2) is 11.5 Å². The summed E-state index contributed by atoms with van der Waals surface area (Å²) in [5, 5.41) is 5.36. The molecule has 4 amide bonds. The summed E-state index contributed by atoms with van der Waals surface area (Å²) >= 11 is 0. The van der Waals surface area contributed by atoms with E-state index >= 15 is 0 Å². The highest BCUT2D eigenvalue weighted by Crippen LogP contribution is 2.32. The van der Waals surface area contributed by atoms with Gasteiger partial charge in [0.05, 0.1) is 6.42 Å². The zero-order valence-corrected chi connectivity index (χ0v) is 15.7. The van der Waals surface area contributed by atoms with Crippen LogP contribution in [0.25, 0.3) is 0 Å². The van der Waals surface area contributed by atoms with Crippen molar-refractivity contribution in [3.8, 4) is 11.5 Å². The van der Waals surface area contributed by atoms with Gasteiger partial charge >= 0.3 is 6.03 Å². The monoisotopic (exact) mass is 395 g/mol. The molecule has 29 heavy (non-hydrogen) atoms. The Bertz CT molecular complexity index is 931. The van der Waals surface area contributed by atoms with Gasteiger partial charge in [-0.05, 0) is 29.7 Å². The molecule has 2 aromatic rings. The summed E-state index contributed by atoms with van der Waals surface area (Å²) in [6, 6.07) is 13.7. The van der Waals surface area contributed by atoms with Gasteiger partial charge in [0.1, 0.15) is 6.04 Å². The zero-order chi connectivity index (χ0) is 20.2. The van der Waals surface area contributed by atoms with Crippen molar-refractivity contribution in [3.05, 3.63) is 59.7 Å². The smallest absolute Gasteiger partial charge is 0.324 e. The molecule has 2 aromatic carbocycles. The molecule has 2 heterocycles. The molecule has 0 aliphatic carbocycles. The Morgan fingerprint density at radius 1 is 1.07 bits per heavy atom. The molecule has 0 bridgehead atoms. The van der Waals surface area contributed by atoms with Crippen molar-refractivity contribution in [2.24, 2.45) is 0 Å². The molecule has 0 saturated carbocycles. The van der Waals surface area contributed by atoms with Crippen molar-refractivity contribution >= 4 is 17.8 Å². The van der Waals surface area contributed by atoms with Crippen LogP contribution in [0.3, 0.4) is 0 Å². The SMILES string of the molecule is O=C(CC1NC(=O)N(CCc2ccccc2)C1=O)NCc1ccc2c(c1)OCO2.